The second-order valence-electron chi connectivity index (χ2n) is 6.62. The summed E-state index contributed by atoms with van der Waals surface area (Å²) in [6, 6.07) is 8.60. The van der Waals surface area contributed by atoms with E-state index < -0.39 is 17.7 Å². The van der Waals surface area contributed by atoms with E-state index >= 15 is 0 Å². The number of benzene rings is 2. The van der Waals surface area contributed by atoms with Crippen LogP contribution in [0.4, 0.5) is 10.1 Å². The second-order valence-corrected chi connectivity index (χ2v) is 6.62. The molecule has 0 atom stereocenters. The van der Waals surface area contributed by atoms with Gasteiger partial charge in [0.15, 0.2) is 18.1 Å². The topological polar surface area (TPSA) is 84.9 Å². The van der Waals surface area contributed by atoms with Crippen LogP contribution in [0.15, 0.2) is 36.4 Å². The molecule has 3 rings (SSSR count). The van der Waals surface area contributed by atoms with Crippen LogP contribution < -0.4 is 14.8 Å². The monoisotopic (exact) mass is 359 g/mol. The average molecular weight is 359 g/mol. The lowest BCUT2D eigenvalue weighted by Crippen LogP contribution is -2.25. The molecule has 0 aliphatic carbocycles. The van der Waals surface area contributed by atoms with Gasteiger partial charge < -0.3 is 19.9 Å². The first kappa shape index (κ1) is 17.7. The molecule has 2 aromatic rings. The van der Waals surface area contributed by atoms with E-state index in [1.54, 1.807) is 6.07 Å². The molecular weight excluding hydrogens is 341 g/mol. The number of hydrogen-bond donors (Lipinski definition) is 2. The van der Waals surface area contributed by atoms with Crippen molar-refractivity contribution in [2.24, 2.45) is 0 Å². The van der Waals surface area contributed by atoms with Crippen LogP contribution in [0.3, 0.4) is 0 Å². The molecule has 1 heterocycles. The van der Waals surface area contributed by atoms with Gasteiger partial charge in [-0.3, -0.25) is 4.79 Å². The Morgan fingerprint density at radius 3 is 2.81 bits per heavy atom. The number of carboxylic acids is 1. The molecule has 0 aromatic heterocycles. The summed E-state index contributed by atoms with van der Waals surface area (Å²) < 4.78 is 25.1. The number of amides is 1. The predicted molar refractivity (Wildman–Crippen MR) is 92.3 cm³/mol. The van der Waals surface area contributed by atoms with Crippen LogP contribution in [0, 0.1) is 5.82 Å². The molecule has 0 spiro atoms. The Morgan fingerprint density at radius 2 is 2.08 bits per heavy atom. The van der Waals surface area contributed by atoms with Crippen molar-refractivity contribution in [1.29, 1.82) is 0 Å². The number of carbonyl (C=O) groups is 2. The van der Waals surface area contributed by atoms with Gasteiger partial charge in [0.2, 0.25) is 0 Å². The van der Waals surface area contributed by atoms with Crippen molar-refractivity contribution in [3.63, 3.8) is 0 Å². The molecule has 7 heteroatoms. The normalized spacial score (nSPS) is 14.3. The molecule has 1 aliphatic rings. The van der Waals surface area contributed by atoms with Gasteiger partial charge in [-0.15, -0.1) is 0 Å². The highest BCUT2D eigenvalue weighted by molar-refractivity contribution is 5.94. The van der Waals surface area contributed by atoms with Crippen LogP contribution in [-0.2, 0) is 11.2 Å². The van der Waals surface area contributed by atoms with Crippen LogP contribution in [0.5, 0.6) is 11.5 Å². The van der Waals surface area contributed by atoms with Gasteiger partial charge in [-0.1, -0.05) is 12.1 Å². The molecule has 2 N–H and O–H groups in total. The molecule has 0 unspecified atom stereocenters. The number of anilines is 1. The molecule has 0 fully saturated rings. The lowest BCUT2D eigenvalue weighted by Gasteiger charge is -2.18. The number of nitrogens with one attached hydrogen (secondary N) is 1. The van der Waals surface area contributed by atoms with Crippen LogP contribution >= 0.6 is 0 Å². The first-order valence-electron chi connectivity index (χ1n) is 8.01. The van der Waals surface area contributed by atoms with Gasteiger partial charge in [-0.2, -0.15) is 0 Å². The third-order valence-corrected chi connectivity index (χ3v) is 3.90. The summed E-state index contributed by atoms with van der Waals surface area (Å²) in [4.78, 5) is 23.0. The Labute approximate surface area is 149 Å². The van der Waals surface area contributed by atoms with E-state index in [4.69, 9.17) is 14.6 Å². The van der Waals surface area contributed by atoms with Gasteiger partial charge in [-0.25, -0.2) is 9.18 Å². The van der Waals surface area contributed by atoms with Crippen molar-refractivity contribution in [2.75, 3.05) is 11.9 Å². The maximum absolute atomic E-state index is 13.8. The largest absolute Gasteiger partial charge is 0.483 e. The Balaban J connectivity index is 1.67. The van der Waals surface area contributed by atoms with Crippen molar-refractivity contribution in [3.8, 4) is 11.5 Å². The molecule has 1 amide bonds. The summed E-state index contributed by atoms with van der Waals surface area (Å²) in [6.45, 7) is 3.56. The standard InChI is InChI=1S/C19H18FNO5/c1-19(2)9-12-4-3-5-15(17(12)26-19)25-10-16(22)21-14-8-11(18(23)24)6-7-13(14)20/h3-8H,9-10H2,1-2H3,(H,21,22)(H,23,24). The molecule has 0 saturated heterocycles. The van der Waals surface area contributed by atoms with Crippen molar-refractivity contribution >= 4 is 17.6 Å². The zero-order valence-corrected chi connectivity index (χ0v) is 14.3. The quantitative estimate of drug-likeness (QED) is 0.856. The highest BCUT2D eigenvalue weighted by Crippen LogP contribution is 2.41. The number of carboxylic acid groups (broad SMARTS) is 1. The fourth-order valence-electron chi connectivity index (χ4n) is 2.78. The number of aromatic carboxylic acids is 1. The zero-order valence-electron chi connectivity index (χ0n) is 14.3. The molecule has 26 heavy (non-hydrogen) atoms. The third kappa shape index (κ3) is 3.77. The predicted octanol–water partition coefficient (Wildman–Crippen LogP) is 3.25. The number of hydrogen-bond acceptors (Lipinski definition) is 4. The molecule has 0 bridgehead atoms. The van der Waals surface area contributed by atoms with Crippen LogP contribution in [-0.4, -0.2) is 29.2 Å². The molecule has 1 aliphatic heterocycles. The lowest BCUT2D eigenvalue weighted by molar-refractivity contribution is -0.118. The highest BCUT2D eigenvalue weighted by atomic mass is 19.1. The highest BCUT2D eigenvalue weighted by Gasteiger charge is 2.32. The van der Waals surface area contributed by atoms with Crippen molar-refractivity contribution in [2.45, 2.75) is 25.9 Å². The SMILES string of the molecule is CC1(C)Cc2cccc(OCC(=O)Nc3cc(C(=O)O)ccc3F)c2O1. The minimum absolute atomic E-state index is 0.126. The summed E-state index contributed by atoms with van der Waals surface area (Å²) in [5.74, 6) is -1.51. The van der Waals surface area contributed by atoms with Gasteiger partial charge >= 0.3 is 5.97 Å². The van der Waals surface area contributed by atoms with E-state index in [1.807, 2.05) is 26.0 Å². The molecule has 136 valence electrons. The maximum Gasteiger partial charge on any atom is 0.335 e. The van der Waals surface area contributed by atoms with E-state index in [0.717, 1.165) is 30.2 Å². The Morgan fingerprint density at radius 1 is 1.31 bits per heavy atom. The number of fused-ring (bicyclic) bond motifs is 1. The lowest BCUT2D eigenvalue weighted by atomic mass is 10.0. The zero-order chi connectivity index (χ0) is 18.9. The third-order valence-electron chi connectivity index (χ3n) is 3.90. The van der Waals surface area contributed by atoms with Crippen molar-refractivity contribution < 1.29 is 28.6 Å². The second kappa shape index (κ2) is 6.67. The van der Waals surface area contributed by atoms with Gasteiger partial charge in [0.1, 0.15) is 11.4 Å². The van der Waals surface area contributed by atoms with E-state index in [-0.39, 0.29) is 23.5 Å². The summed E-state index contributed by atoms with van der Waals surface area (Å²) in [7, 11) is 0. The molecule has 6 nitrogen and oxygen atoms in total. The smallest absolute Gasteiger partial charge is 0.335 e. The Bertz CT molecular complexity index is 878. The molecule has 2 aromatic carbocycles. The molecular formula is C19H18FNO5. The summed E-state index contributed by atoms with van der Waals surface area (Å²) in [5.41, 5.74) is 0.311. The van der Waals surface area contributed by atoms with Crippen LogP contribution in [0.25, 0.3) is 0 Å². The maximum atomic E-state index is 13.8. The first-order chi connectivity index (χ1) is 12.2. The fourth-order valence-corrected chi connectivity index (χ4v) is 2.78. The number of halogens is 1. The van der Waals surface area contributed by atoms with Crippen LogP contribution in [0.1, 0.15) is 29.8 Å². The Kier molecular flexibility index (Phi) is 4.54. The Hall–Kier alpha value is -3.09. The van der Waals surface area contributed by atoms with Gasteiger partial charge in [-0.05, 0) is 38.1 Å². The fraction of sp³-hybridized carbons (Fsp3) is 0.263. The number of para-hydroxylation sites is 1. The van der Waals surface area contributed by atoms with Gasteiger partial charge in [0.05, 0.1) is 11.3 Å². The number of carbonyl (C=O) groups excluding carboxylic acids is 1. The summed E-state index contributed by atoms with van der Waals surface area (Å²) in [5, 5.41) is 11.3. The van der Waals surface area contributed by atoms with E-state index in [9.17, 15) is 14.0 Å². The molecule has 0 radical (unpaired) electrons. The summed E-state index contributed by atoms with van der Waals surface area (Å²) >= 11 is 0. The van der Waals surface area contributed by atoms with Gasteiger partial charge in [0.25, 0.3) is 5.91 Å². The van der Waals surface area contributed by atoms with E-state index in [2.05, 4.69) is 5.32 Å². The first-order valence-corrected chi connectivity index (χ1v) is 8.01. The number of ether oxygens (including phenoxy) is 2. The average Bonchev–Trinajstić information content (AvgIpc) is 2.89. The molecule has 0 saturated carbocycles. The van der Waals surface area contributed by atoms with Gasteiger partial charge in [0, 0.05) is 12.0 Å². The number of rotatable bonds is 5. The van der Waals surface area contributed by atoms with Crippen molar-refractivity contribution in [1.82, 2.24) is 0 Å². The van der Waals surface area contributed by atoms with Crippen molar-refractivity contribution in [3.05, 3.63) is 53.3 Å². The van der Waals surface area contributed by atoms with E-state index in [1.165, 1.54) is 0 Å². The minimum atomic E-state index is -1.21. The summed E-state index contributed by atoms with van der Waals surface area (Å²) in [6.07, 6.45) is 0.735. The van der Waals surface area contributed by atoms with E-state index in [0.29, 0.717) is 11.5 Å². The van der Waals surface area contributed by atoms with Crippen LogP contribution in [0.2, 0.25) is 0 Å². The minimum Gasteiger partial charge on any atom is -0.483 e.